The van der Waals surface area contributed by atoms with Crippen LogP contribution in [0.25, 0.3) is 0 Å². The van der Waals surface area contributed by atoms with Crippen molar-refractivity contribution >= 4 is 53.0 Å². The van der Waals surface area contributed by atoms with Gasteiger partial charge in [-0.15, -0.1) is 0 Å². The molecule has 21 nitrogen and oxygen atoms in total. The van der Waals surface area contributed by atoms with E-state index in [1.54, 1.807) is 12.5 Å². The van der Waals surface area contributed by atoms with Gasteiger partial charge in [0.15, 0.2) is 0 Å². The number of aryl methyl sites for hydroxylation is 1. The normalized spacial score (nSPS) is 14.6. The smallest absolute Gasteiger partial charge is 0.325 e. The van der Waals surface area contributed by atoms with Crippen LogP contribution in [-0.2, 0) is 68.5 Å². The highest BCUT2D eigenvalue weighted by Gasteiger charge is 2.28. The molecule has 0 aromatic carbocycles. The number of carbonyl (C=O) groups excluding carboxylic acids is 6. The number of aromatic nitrogens is 2. The highest BCUT2D eigenvalue weighted by atomic mass is 16.5. The maximum atomic E-state index is 12.3. The molecule has 1 aromatic heterocycles. The zero-order valence-electron chi connectivity index (χ0n) is 51.4. The molecular weight excluding hydrogens is 1080 g/mol. The molecule has 1 aliphatic rings. The van der Waals surface area contributed by atoms with Crippen molar-refractivity contribution in [2.45, 2.75) is 245 Å². The minimum atomic E-state index is -1.01. The number of carboxylic acid groups (broad SMARTS) is 3. The molecule has 1 saturated carbocycles. The molecule has 0 spiro atoms. The number of aromatic amines is 1. The van der Waals surface area contributed by atoms with Crippen LogP contribution in [0.5, 0.6) is 0 Å². The van der Waals surface area contributed by atoms with E-state index in [0.29, 0.717) is 122 Å². The molecule has 1 aromatic rings. The molecule has 21 heteroatoms. The van der Waals surface area contributed by atoms with Crippen LogP contribution in [-0.4, -0.2) is 150 Å². The molecule has 0 radical (unpaired) electrons. The van der Waals surface area contributed by atoms with Gasteiger partial charge in [0, 0.05) is 82.5 Å². The number of nitrogens with zero attached hydrogens (tertiary/aromatic N) is 1. The average Bonchev–Trinajstić information content (AvgIpc) is 4.09. The van der Waals surface area contributed by atoms with Gasteiger partial charge in [-0.25, -0.2) is 4.98 Å². The molecule has 0 saturated heterocycles. The Balaban J connectivity index is 0.000000849. The van der Waals surface area contributed by atoms with Crippen molar-refractivity contribution in [2.75, 3.05) is 65.9 Å². The Bertz CT molecular complexity index is 1910. The summed E-state index contributed by atoms with van der Waals surface area (Å²) in [5, 5.41) is 35.0. The average molecular weight is 1190 g/mol. The van der Waals surface area contributed by atoms with Crippen LogP contribution in [0.2, 0.25) is 0 Å². The number of hydrogen-bond donors (Lipinski definition) is 7. The van der Waals surface area contributed by atoms with Gasteiger partial charge in [-0.3, -0.25) is 43.2 Å². The minimum absolute atomic E-state index is 0.0318. The van der Waals surface area contributed by atoms with Crippen molar-refractivity contribution in [2.24, 2.45) is 17.8 Å². The SMILES string of the molecule is CCCC(=O)CCCOCCOCC(=O)NCCOCCOCC(=O)NCCCC[C@H](CCC(=O)CCc1cnc[nH]1)C(=O)O.C[C@@H](NC(=O)C1CCC(CCC(=O)CCCCCCCCCCCCCCCCCCC(=O)O)CC1)C(=O)O. The molecular formula is C63H109N5O16. The molecule has 0 aliphatic heterocycles. The van der Waals surface area contributed by atoms with Crippen LogP contribution in [0, 0.1) is 17.8 Å². The molecule has 482 valence electrons. The van der Waals surface area contributed by atoms with Gasteiger partial charge in [-0.1, -0.05) is 103 Å². The molecule has 1 heterocycles. The van der Waals surface area contributed by atoms with Crippen LogP contribution in [0.1, 0.15) is 238 Å². The Morgan fingerprint density at radius 1 is 0.536 bits per heavy atom. The summed E-state index contributed by atoms with van der Waals surface area (Å²) < 4.78 is 21.3. The number of H-pyrrole nitrogens is 1. The van der Waals surface area contributed by atoms with E-state index in [4.69, 9.17) is 29.2 Å². The van der Waals surface area contributed by atoms with Crippen LogP contribution in [0.15, 0.2) is 12.5 Å². The minimum Gasteiger partial charge on any atom is -0.481 e. The zero-order valence-corrected chi connectivity index (χ0v) is 51.4. The van der Waals surface area contributed by atoms with Crippen molar-refractivity contribution in [3.05, 3.63) is 18.2 Å². The molecule has 1 fully saturated rings. The second-order valence-electron chi connectivity index (χ2n) is 22.5. The predicted octanol–water partition coefficient (Wildman–Crippen LogP) is 9.85. The standard InChI is InChI=1S/C32H57NO6.C31H52N4O10/c1-26(32(38)39)33-31(37)28-23-20-27(21-24-28)22-25-29(34)18-16-14-12-10-8-6-4-2-3-5-7-9-11-13-15-17-19-30(35)36;1-2-6-27(36)8-5-15-42-17-19-44-23-30(39)34-14-16-43-18-20-45-22-29(38)33-13-4-3-7-25(31(40)41)9-11-28(37)12-10-26-21-32-24-35-26/h26-28H,2-25H2,1H3,(H,33,37)(H,35,36)(H,38,39);21,24-25H,2-20,22-23H2,1H3,(H,32,35)(H,33,38)(H,34,39)(H,40,41)/t26-,27?,28?;25-/m11/s1. The van der Waals surface area contributed by atoms with E-state index < -0.39 is 29.9 Å². The molecule has 2 atom stereocenters. The fourth-order valence-electron chi connectivity index (χ4n) is 9.87. The number of amides is 3. The largest absolute Gasteiger partial charge is 0.481 e. The van der Waals surface area contributed by atoms with E-state index in [-0.39, 0.29) is 74.7 Å². The van der Waals surface area contributed by atoms with Gasteiger partial charge >= 0.3 is 17.9 Å². The second kappa shape index (κ2) is 53.4. The van der Waals surface area contributed by atoms with Crippen LogP contribution in [0.3, 0.4) is 0 Å². The van der Waals surface area contributed by atoms with Gasteiger partial charge in [-0.05, 0) is 96.3 Å². The number of hydrogen-bond acceptors (Lipinski definition) is 14. The van der Waals surface area contributed by atoms with Gasteiger partial charge < -0.3 is 55.2 Å². The highest BCUT2D eigenvalue weighted by Crippen LogP contribution is 2.32. The number of ether oxygens (including phenoxy) is 4. The first-order chi connectivity index (χ1) is 40.6. The van der Waals surface area contributed by atoms with Crippen LogP contribution >= 0.6 is 0 Å². The van der Waals surface area contributed by atoms with Crippen LogP contribution in [0.4, 0.5) is 0 Å². The fraction of sp³-hybridized carbons (Fsp3) is 0.810. The van der Waals surface area contributed by atoms with Crippen molar-refractivity contribution < 1.29 is 77.4 Å². The molecule has 2 rings (SSSR count). The quantitative estimate of drug-likeness (QED) is 0.0298. The lowest BCUT2D eigenvalue weighted by Crippen LogP contribution is -2.42. The lowest BCUT2D eigenvalue weighted by Gasteiger charge is -2.28. The third kappa shape index (κ3) is 47.2. The number of nitrogens with one attached hydrogen (secondary N) is 4. The summed E-state index contributed by atoms with van der Waals surface area (Å²) in [5.74, 6) is -2.78. The van der Waals surface area contributed by atoms with Gasteiger partial charge in [0.25, 0.3) is 0 Å². The summed E-state index contributed by atoms with van der Waals surface area (Å²) in [6.07, 6.45) is 34.6. The Hall–Kier alpha value is -5.12. The van der Waals surface area contributed by atoms with Crippen molar-refractivity contribution in [1.82, 2.24) is 25.9 Å². The number of Topliss-reactive ketones (excluding diaryl/α,β-unsaturated/α-hetero) is 3. The lowest BCUT2D eigenvalue weighted by atomic mass is 9.79. The monoisotopic (exact) mass is 1190 g/mol. The third-order valence-electron chi connectivity index (χ3n) is 15.1. The molecule has 1 aliphatic carbocycles. The third-order valence-corrected chi connectivity index (χ3v) is 15.1. The number of carbonyl (C=O) groups is 9. The summed E-state index contributed by atoms with van der Waals surface area (Å²) in [5.41, 5.74) is 0.878. The number of unbranched alkanes of at least 4 members (excludes halogenated alkanes) is 16. The van der Waals surface area contributed by atoms with Crippen LogP contribution < -0.4 is 16.0 Å². The van der Waals surface area contributed by atoms with E-state index in [1.807, 2.05) is 6.92 Å². The van der Waals surface area contributed by atoms with Gasteiger partial charge in [-0.2, -0.15) is 0 Å². The van der Waals surface area contributed by atoms with Gasteiger partial charge in [0.2, 0.25) is 17.7 Å². The van der Waals surface area contributed by atoms with E-state index in [2.05, 4.69) is 25.9 Å². The molecule has 0 unspecified atom stereocenters. The lowest BCUT2D eigenvalue weighted by molar-refractivity contribution is -0.143. The summed E-state index contributed by atoms with van der Waals surface area (Å²) in [4.78, 5) is 111. The topological polar surface area (TPSA) is 316 Å². The van der Waals surface area contributed by atoms with Gasteiger partial charge in [0.1, 0.15) is 36.6 Å². The van der Waals surface area contributed by atoms with E-state index in [1.165, 1.54) is 84.0 Å². The molecule has 0 bridgehead atoms. The number of imidazole rings is 1. The first kappa shape index (κ1) is 76.9. The summed E-state index contributed by atoms with van der Waals surface area (Å²) in [6.45, 7) is 5.93. The summed E-state index contributed by atoms with van der Waals surface area (Å²) in [6, 6.07) is -0.847. The Morgan fingerprint density at radius 3 is 1.58 bits per heavy atom. The Morgan fingerprint density at radius 2 is 1.05 bits per heavy atom. The number of aliphatic carboxylic acids is 3. The van der Waals surface area contributed by atoms with Crippen molar-refractivity contribution in [1.29, 1.82) is 0 Å². The van der Waals surface area contributed by atoms with Crippen molar-refractivity contribution in [3.8, 4) is 0 Å². The fourth-order valence-corrected chi connectivity index (χ4v) is 9.87. The number of rotatable bonds is 56. The Labute approximate surface area is 501 Å². The van der Waals surface area contributed by atoms with E-state index >= 15 is 0 Å². The molecule has 3 amide bonds. The molecule has 84 heavy (non-hydrogen) atoms. The summed E-state index contributed by atoms with van der Waals surface area (Å²) >= 11 is 0. The van der Waals surface area contributed by atoms with Gasteiger partial charge in [0.05, 0.1) is 45.3 Å². The Kier molecular flexibility index (Phi) is 48.8. The zero-order chi connectivity index (χ0) is 61.7. The first-order valence-corrected chi connectivity index (χ1v) is 32.0. The predicted molar refractivity (Wildman–Crippen MR) is 320 cm³/mol. The maximum absolute atomic E-state index is 12.3. The number of carboxylic acids is 3. The maximum Gasteiger partial charge on any atom is 0.325 e. The number of ketones is 3. The van der Waals surface area contributed by atoms with E-state index in [9.17, 15) is 48.3 Å². The van der Waals surface area contributed by atoms with Crippen molar-refractivity contribution in [3.63, 3.8) is 0 Å². The molecule has 7 N–H and O–H groups in total. The first-order valence-electron chi connectivity index (χ1n) is 32.0. The van der Waals surface area contributed by atoms with E-state index in [0.717, 1.165) is 69.9 Å². The highest BCUT2D eigenvalue weighted by molar-refractivity contribution is 5.85. The second-order valence-corrected chi connectivity index (χ2v) is 22.5. The summed E-state index contributed by atoms with van der Waals surface area (Å²) in [7, 11) is 0.